The Kier molecular flexibility index (Phi) is 5.64. The Labute approximate surface area is 116 Å². The number of aliphatic hydroxyl groups excluding tert-OH is 1. The van der Waals surface area contributed by atoms with Crippen LogP contribution in [0.25, 0.3) is 0 Å². The lowest BCUT2D eigenvalue weighted by Gasteiger charge is -2.33. The first kappa shape index (κ1) is 14.8. The molecule has 110 valence electrons. The van der Waals surface area contributed by atoms with Crippen molar-refractivity contribution >= 4 is 5.91 Å². The van der Waals surface area contributed by atoms with Gasteiger partial charge in [0.05, 0.1) is 12.6 Å². The smallest absolute Gasteiger partial charge is 0.237 e. The molecule has 0 aromatic carbocycles. The maximum absolute atomic E-state index is 12.3. The second kappa shape index (κ2) is 7.25. The molecule has 0 saturated heterocycles. The van der Waals surface area contributed by atoms with Crippen LogP contribution in [0, 0.1) is 0 Å². The first-order valence-corrected chi connectivity index (χ1v) is 7.89. The Bertz CT molecular complexity index is 284. The summed E-state index contributed by atoms with van der Waals surface area (Å²) >= 11 is 0. The fraction of sp³-hybridized carbons (Fsp3) is 0.933. The molecular weight excluding hydrogens is 240 g/mol. The number of carbonyl (C=O) groups excluding carboxylic acids is 1. The van der Waals surface area contributed by atoms with Gasteiger partial charge >= 0.3 is 0 Å². The van der Waals surface area contributed by atoms with Crippen LogP contribution in [0.4, 0.5) is 0 Å². The predicted molar refractivity (Wildman–Crippen MR) is 75.9 cm³/mol. The molecule has 4 heteroatoms. The van der Waals surface area contributed by atoms with Crippen LogP contribution in [0.2, 0.25) is 0 Å². The van der Waals surface area contributed by atoms with Gasteiger partial charge in [0.1, 0.15) is 0 Å². The highest BCUT2D eigenvalue weighted by Gasteiger charge is 2.30. The van der Waals surface area contributed by atoms with E-state index < -0.39 is 0 Å². The van der Waals surface area contributed by atoms with E-state index in [0.29, 0.717) is 18.6 Å². The van der Waals surface area contributed by atoms with Gasteiger partial charge in [-0.1, -0.05) is 25.7 Å². The summed E-state index contributed by atoms with van der Waals surface area (Å²) in [7, 11) is 0. The van der Waals surface area contributed by atoms with E-state index in [4.69, 9.17) is 0 Å². The Morgan fingerprint density at radius 1 is 1.21 bits per heavy atom. The van der Waals surface area contributed by atoms with Crippen molar-refractivity contribution in [1.82, 2.24) is 10.2 Å². The molecule has 4 nitrogen and oxygen atoms in total. The molecule has 0 aliphatic heterocycles. The van der Waals surface area contributed by atoms with Crippen LogP contribution in [-0.2, 0) is 4.79 Å². The van der Waals surface area contributed by atoms with Gasteiger partial charge in [0.25, 0.3) is 0 Å². The highest BCUT2D eigenvalue weighted by atomic mass is 16.3. The van der Waals surface area contributed by atoms with Crippen molar-refractivity contribution in [2.75, 3.05) is 13.2 Å². The third kappa shape index (κ3) is 3.93. The van der Waals surface area contributed by atoms with Gasteiger partial charge in [-0.05, 0) is 32.6 Å². The number of nitrogens with one attached hydrogen (secondary N) is 1. The minimum absolute atomic E-state index is 0.115. The summed E-state index contributed by atoms with van der Waals surface area (Å²) < 4.78 is 0. The van der Waals surface area contributed by atoms with Gasteiger partial charge in [-0.25, -0.2) is 0 Å². The molecule has 2 fully saturated rings. The lowest BCUT2D eigenvalue weighted by molar-refractivity contribution is -0.127. The van der Waals surface area contributed by atoms with E-state index >= 15 is 0 Å². The lowest BCUT2D eigenvalue weighted by Crippen LogP contribution is -2.51. The van der Waals surface area contributed by atoms with E-state index in [2.05, 4.69) is 10.2 Å². The van der Waals surface area contributed by atoms with Crippen molar-refractivity contribution in [2.24, 2.45) is 0 Å². The van der Waals surface area contributed by atoms with Crippen LogP contribution in [0.15, 0.2) is 0 Å². The monoisotopic (exact) mass is 268 g/mol. The van der Waals surface area contributed by atoms with Gasteiger partial charge in [-0.2, -0.15) is 0 Å². The van der Waals surface area contributed by atoms with Gasteiger partial charge in [0, 0.05) is 18.6 Å². The molecule has 19 heavy (non-hydrogen) atoms. The zero-order valence-corrected chi connectivity index (χ0v) is 12.1. The van der Waals surface area contributed by atoms with Crippen LogP contribution < -0.4 is 5.32 Å². The molecule has 1 unspecified atom stereocenters. The third-order valence-corrected chi connectivity index (χ3v) is 4.73. The summed E-state index contributed by atoms with van der Waals surface area (Å²) in [5.74, 6) is 0.146. The van der Waals surface area contributed by atoms with Crippen LogP contribution in [0.1, 0.15) is 58.3 Å². The van der Waals surface area contributed by atoms with Crippen molar-refractivity contribution in [3.63, 3.8) is 0 Å². The number of hydrogen-bond acceptors (Lipinski definition) is 3. The van der Waals surface area contributed by atoms with Crippen LogP contribution >= 0.6 is 0 Å². The quantitative estimate of drug-likeness (QED) is 0.770. The fourth-order valence-corrected chi connectivity index (χ4v) is 3.59. The topological polar surface area (TPSA) is 52.6 Å². The van der Waals surface area contributed by atoms with Crippen LogP contribution in [0.5, 0.6) is 0 Å². The van der Waals surface area contributed by atoms with Crippen LogP contribution in [-0.4, -0.2) is 47.2 Å². The molecule has 2 rings (SSSR count). The molecule has 2 aliphatic rings. The maximum atomic E-state index is 12.3. The molecule has 0 aromatic heterocycles. The molecule has 2 saturated carbocycles. The van der Waals surface area contributed by atoms with E-state index in [-0.39, 0.29) is 18.6 Å². The summed E-state index contributed by atoms with van der Waals surface area (Å²) in [5.41, 5.74) is 0. The second-order valence-electron chi connectivity index (χ2n) is 6.07. The number of amides is 1. The summed E-state index contributed by atoms with van der Waals surface area (Å²) in [4.78, 5) is 14.5. The number of rotatable bonds is 6. The number of aliphatic hydroxyl groups is 1. The van der Waals surface area contributed by atoms with Gasteiger partial charge in [0.15, 0.2) is 0 Å². The van der Waals surface area contributed by atoms with E-state index in [0.717, 1.165) is 12.8 Å². The first-order valence-electron chi connectivity index (χ1n) is 7.89. The van der Waals surface area contributed by atoms with E-state index in [1.54, 1.807) is 0 Å². The van der Waals surface area contributed by atoms with Gasteiger partial charge in [-0.15, -0.1) is 0 Å². The third-order valence-electron chi connectivity index (χ3n) is 4.73. The van der Waals surface area contributed by atoms with E-state index in [9.17, 15) is 9.90 Å². The molecule has 0 heterocycles. The summed E-state index contributed by atoms with van der Waals surface area (Å²) in [6.45, 7) is 2.74. The van der Waals surface area contributed by atoms with Crippen molar-refractivity contribution in [3.05, 3.63) is 0 Å². The molecule has 2 aliphatic carbocycles. The van der Waals surface area contributed by atoms with E-state index in [1.807, 2.05) is 6.92 Å². The van der Waals surface area contributed by atoms with Gasteiger partial charge in [0.2, 0.25) is 5.91 Å². The number of hydrogen-bond donors (Lipinski definition) is 2. The average Bonchev–Trinajstić information content (AvgIpc) is 3.07. The molecule has 0 bridgehead atoms. The molecule has 0 spiro atoms. The molecule has 1 atom stereocenters. The minimum Gasteiger partial charge on any atom is -0.395 e. The highest BCUT2D eigenvalue weighted by Crippen LogP contribution is 2.25. The van der Waals surface area contributed by atoms with Crippen molar-refractivity contribution < 1.29 is 9.90 Å². The van der Waals surface area contributed by atoms with E-state index in [1.165, 1.54) is 38.5 Å². The zero-order chi connectivity index (χ0) is 13.7. The second-order valence-corrected chi connectivity index (χ2v) is 6.07. The van der Waals surface area contributed by atoms with Gasteiger partial charge < -0.3 is 10.4 Å². The highest BCUT2D eigenvalue weighted by molar-refractivity contribution is 5.81. The summed E-state index contributed by atoms with van der Waals surface area (Å²) in [6, 6.07) is 0.752. The van der Waals surface area contributed by atoms with Crippen molar-refractivity contribution in [2.45, 2.75) is 76.4 Å². The Morgan fingerprint density at radius 2 is 1.79 bits per heavy atom. The zero-order valence-electron chi connectivity index (χ0n) is 12.1. The van der Waals surface area contributed by atoms with Crippen LogP contribution in [0.3, 0.4) is 0 Å². The Balaban J connectivity index is 1.89. The number of nitrogens with zero attached hydrogens (tertiary/aromatic N) is 1. The molecule has 1 amide bonds. The van der Waals surface area contributed by atoms with Crippen molar-refractivity contribution in [1.29, 1.82) is 0 Å². The predicted octanol–water partition coefficient (Wildman–Crippen LogP) is 1.67. The normalized spacial score (nSPS) is 23.1. The van der Waals surface area contributed by atoms with Gasteiger partial charge in [-0.3, -0.25) is 9.69 Å². The molecule has 0 aromatic rings. The van der Waals surface area contributed by atoms with Crippen molar-refractivity contribution in [3.8, 4) is 0 Å². The average molecular weight is 268 g/mol. The Morgan fingerprint density at radius 3 is 2.37 bits per heavy atom. The standard InChI is InChI=1S/C15H28N2O2/c1-12(15(19)16-13-6-2-3-7-13)17(10-11-18)14-8-4-5-9-14/h12-14,18H,2-11H2,1H3,(H,16,19). The SMILES string of the molecule is CC(C(=O)NC1CCCC1)N(CCO)C1CCCC1. The molecule has 2 N–H and O–H groups in total. The maximum Gasteiger partial charge on any atom is 0.237 e. The molecular formula is C15H28N2O2. The fourth-order valence-electron chi connectivity index (χ4n) is 3.59. The molecule has 0 radical (unpaired) electrons. The summed E-state index contributed by atoms with van der Waals surface area (Å²) in [5, 5.41) is 12.4. The largest absolute Gasteiger partial charge is 0.395 e. The first-order chi connectivity index (χ1) is 9.22. The summed E-state index contributed by atoms with van der Waals surface area (Å²) in [6.07, 6.45) is 9.57. The minimum atomic E-state index is -0.115. The lowest BCUT2D eigenvalue weighted by atomic mass is 10.1. The Hall–Kier alpha value is -0.610. The number of carbonyl (C=O) groups is 1.